The van der Waals surface area contributed by atoms with Crippen LogP contribution < -0.4 is 10.6 Å². The number of carbonyl (C=O) groups is 2. The average molecular weight is 337 g/mol. The van der Waals surface area contributed by atoms with Crippen molar-refractivity contribution < 1.29 is 9.59 Å². The predicted molar refractivity (Wildman–Crippen MR) is 95.3 cm³/mol. The van der Waals surface area contributed by atoms with E-state index in [0.717, 1.165) is 5.56 Å². The number of nitrogens with zero attached hydrogens (tertiary/aromatic N) is 1. The molecule has 0 aliphatic rings. The van der Waals surface area contributed by atoms with E-state index in [9.17, 15) is 9.59 Å². The van der Waals surface area contributed by atoms with Crippen molar-refractivity contribution >= 4 is 34.0 Å². The molecule has 0 fully saturated rings. The zero-order valence-corrected chi connectivity index (χ0v) is 13.5. The Balaban J connectivity index is 1.58. The van der Waals surface area contributed by atoms with E-state index in [1.54, 1.807) is 35.8 Å². The molecule has 1 aromatic heterocycles. The van der Waals surface area contributed by atoms with Crippen LogP contribution in [-0.2, 0) is 11.2 Å². The normalized spacial score (nSPS) is 10.2. The van der Waals surface area contributed by atoms with Gasteiger partial charge in [-0.15, -0.1) is 11.3 Å². The van der Waals surface area contributed by atoms with Crippen LogP contribution in [-0.4, -0.2) is 16.8 Å². The molecule has 0 saturated carbocycles. The van der Waals surface area contributed by atoms with Crippen LogP contribution >= 0.6 is 11.3 Å². The molecule has 0 atom stereocenters. The fourth-order valence-corrected chi connectivity index (χ4v) is 2.67. The molecule has 0 unspecified atom stereocenters. The lowest BCUT2D eigenvalue weighted by Crippen LogP contribution is -2.15. The molecule has 0 aliphatic carbocycles. The Kier molecular flexibility index (Phi) is 4.98. The van der Waals surface area contributed by atoms with Crippen LogP contribution in [0.2, 0.25) is 0 Å². The Morgan fingerprint density at radius 3 is 2.38 bits per heavy atom. The molecule has 0 bridgehead atoms. The predicted octanol–water partition coefficient (Wildman–Crippen LogP) is 3.58. The van der Waals surface area contributed by atoms with Gasteiger partial charge >= 0.3 is 0 Å². The molecule has 120 valence electrons. The third-order valence-electron chi connectivity index (χ3n) is 3.29. The topological polar surface area (TPSA) is 71.1 Å². The van der Waals surface area contributed by atoms with Gasteiger partial charge in [-0.25, -0.2) is 4.98 Å². The van der Waals surface area contributed by atoms with Crippen molar-refractivity contribution in [2.75, 3.05) is 10.6 Å². The fourth-order valence-electron chi connectivity index (χ4n) is 2.15. The number of nitrogens with one attached hydrogen (secondary N) is 2. The van der Waals surface area contributed by atoms with Crippen molar-refractivity contribution in [3.8, 4) is 0 Å². The van der Waals surface area contributed by atoms with E-state index in [4.69, 9.17) is 0 Å². The van der Waals surface area contributed by atoms with Gasteiger partial charge in [-0.05, 0) is 29.8 Å². The van der Waals surface area contributed by atoms with Crippen molar-refractivity contribution in [3.63, 3.8) is 0 Å². The van der Waals surface area contributed by atoms with Crippen molar-refractivity contribution in [3.05, 3.63) is 77.3 Å². The van der Waals surface area contributed by atoms with Crippen molar-refractivity contribution in [1.29, 1.82) is 0 Å². The number of amides is 2. The summed E-state index contributed by atoms with van der Waals surface area (Å²) in [5.74, 6) is -0.326. The van der Waals surface area contributed by atoms with E-state index in [0.29, 0.717) is 22.8 Å². The molecule has 5 nitrogen and oxygen atoms in total. The number of hydrogen-bond donors (Lipinski definition) is 2. The smallest absolute Gasteiger partial charge is 0.257 e. The van der Waals surface area contributed by atoms with Gasteiger partial charge in [-0.1, -0.05) is 30.3 Å². The second-order valence-electron chi connectivity index (χ2n) is 5.08. The zero-order valence-electron chi connectivity index (χ0n) is 12.7. The Morgan fingerprint density at radius 1 is 0.958 bits per heavy atom. The highest BCUT2D eigenvalue weighted by Gasteiger charge is 2.08. The Hall–Kier alpha value is -2.99. The minimum Gasteiger partial charge on any atom is -0.326 e. The number of thiazole rings is 1. The molecule has 24 heavy (non-hydrogen) atoms. The molecular formula is C18H15N3O2S. The van der Waals surface area contributed by atoms with Crippen LogP contribution in [0.5, 0.6) is 0 Å². The maximum Gasteiger partial charge on any atom is 0.257 e. The van der Waals surface area contributed by atoms with Gasteiger partial charge in [0.1, 0.15) is 0 Å². The highest BCUT2D eigenvalue weighted by atomic mass is 32.1. The molecule has 2 N–H and O–H groups in total. The van der Waals surface area contributed by atoms with Crippen LogP contribution in [0.25, 0.3) is 0 Å². The first-order valence-electron chi connectivity index (χ1n) is 7.35. The number of rotatable bonds is 5. The van der Waals surface area contributed by atoms with Crippen LogP contribution in [0, 0.1) is 0 Å². The second-order valence-corrected chi connectivity index (χ2v) is 5.97. The summed E-state index contributed by atoms with van der Waals surface area (Å²) in [6.45, 7) is 0. The number of hydrogen-bond acceptors (Lipinski definition) is 4. The summed E-state index contributed by atoms with van der Waals surface area (Å²) in [7, 11) is 0. The van der Waals surface area contributed by atoms with Gasteiger partial charge in [0.25, 0.3) is 5.91 Å². The number of anilines is 2. The first-order chi connectivity index (χ1) is 11.7. The largest absolute Gasteiger partial charge is 0.326 e. The summed E-state index contributed by atoms with van der Waals surface area (Å²) in [6, 6.07) is 16.3. The summed E-state index contributed by atoms with van der Waals surface area (Å²) in [5.41, 5.74) is 2.11. The van der Waals surface area contributed by atoms with Gasteiger partial charge in [-0.2, -0.15) is 0 Å². The lowest BCUT2D eigenvalue weighted by atomic mass is 10.1. The first-order valence-corrected chi connectivity index (χ1v) is 8.23. The Labute approximate surface area is 143 Å². The van der Waals surface area contributed by atoms with E-state index < -0.39 is 0 Å². The summed E-state index contributed by atoms with van der Waals surface area (Å²) in [6.07, 6.45) is 1.94. The molecule has 0 spiro atoms. The highest BCUT2D eigenvalue weighted by molar-refractivity contribution is 7.13. The third kappa shape index (κ3) is 4.27. The van der Waals surface area contributed by atoms with E-state index in [1.165, 1.54) is 11.3 Å². The van der Waals surface area contributed by atoms with Crippen LogP contribution in [0.4, 0.5) is 10.8 Å². The first kappa shape index (κ1) is 15.9. The average Bonchev–Trinajstić information content (AvgIpc) is 3.09. The van der Waals surface area contributed by atoms with Gasteiger partial charge in [-0.3, -0.25) is 14.9 Å². The summed E-state index contributed by atoms with van der Waals surface area (Å²) in [5, 5.41) is 7.88. The van der Waals surface area contributed by atoms with Crippen LogP contribution in [0.3, 0.4) is 0 Å². The summed E-state index contributed by atoms with van der Waals surface area (Å²) in [4.78, 5) is 28.1. The SMILES string of the molecule is O=C(Cc1ccccc1)Nc1ccc(C(=O)Nc2nccs2)cc1. The van der Waals surface area contributed by atoms with Gasteiger partial charge in [0.05, 0.1) is 6.42 Å². The van der Waals surface area contributed by atoms with E-state index in [-0.39, 0.29) is 11.8 Å². The number of carbonyl (C=O) groups excluding carboxylic acids is 2. The van der Waals surface area contributed by atoms with Gasteiger partial charge in [0.2, 0.25) is 5.91 Å². The van der Waals surface area contributed by atoms with Gasteiger partial charge < -0.3 is 5.32 Å². The maximum atomic E-state index is 12.1. The lowest BCUT2D eigenvalue weighted by molar-refractivity contribution is -0.115. The lowest BCUT2D eigenvalue weighted by Gasteiger charge is -2.07. The Bertz CT molecular complexity index is 815. The van der Waals surface area contributed by atoms with Gasteiger partial charge in [0, 0.05) is 22.8 Å². The number of benzene rings is 2. The van der Waals surface area contributed by atoms with E-state index in [2.05, 4.69) is 15.6 Å². The fraction of sp³-hybridized carbons (Fsp3) is 0.0556. The minimum absolute atomic E-state index is 0.0961. The molecule has 6 heteroatoms. The van der Waals surface area contributed by atoms with Crippen LogP contribution in [0.15, 0.2) is 66.2 Å². The molecule has 2 amide bonds. The summed E-state index contributed by atoms with van der Waals surface area (Å²) < 4.78 is 0. The number of aromatic nitrogens is 1. The zero-order chi connectivity index (χ0) is 16.8. The second kappa shape index (κ2) is 7.52. The molecule has 3 aromatic rings. The Morgan fingerprint density at radius 2 is 1.71 bits per heavy atom. The molecular weight excluding hydrogens is 322 g/mol. The van der Waals surface area contributed by atoms with Gasteiger partial charge in [0.15, 0.2) is 5.13 Å². The van der Waals surface area contributed by atoms with E-state index in [1.807, 2.05) is 30.3 Å². The van der Waals surface area contributed by atoms with Crippen molar-refractivity contribution in [2.24, 2.45) is 0 Å². The monoisotopic (exact) mass is 337 g/mol. The third-order valence-corrected chi connectivity index (χ3v) is 3.98. The van der Waals surface area contributed by atoms with Crippen molar-refractivity contribution in [1.82, 2.24) is 4.98 Å². The molecule has 3 rings (SSSR count). The maximum absolute atomic E-state index is 12.1. The molecule has 0 aliphatic heterocycles. The molecule has 0 saturated heterocycles. The van der Waals surface area contributed by atoms with E-state index >= 15 is 0 Å². The van der Waals surface area contributed by atoms with Crippen molar-refractivity contribution in [2.45, 2.75) is 6.42 Å². The molecule has 1 heterocycles. The minimum atomic E-state index is -0.230. The van der Waals surface area contributed by atoms with Crippen LogP contribution in [0.1, 0.15) is 15.9 Å². The standard InChI is InChI=1S/C18H15N3O2S/c22-16(12-13-4-2-1-3-5-13)20-15-8-6-14(7-9-15)17(23)21-18-19-10-11-24-18/h1-11H,12H2,(H,20,22)(H,19,21,23). The quantitative estimate of drug-likeness (QED) is 0.747. The highest BCUT2D eigenvalue weighted by Crippen LogP contribution is 2.14. The molecule has 0 radical (unpaired) electrons. The summed E-state index contributed by atoms with van der Waals surface area (Å²) >= 11 is 1.36. The molecule has 2 aromatic carbocycles.